The normalized spacial score (nSPS) is 17.7. The highest BCUT2D eigenvalue weighted by Gasteiger charge is 2.16. The van der Waals surface area contributed by atoms with E-state index in [1.165, 1.54) is 6.07 Å². The minimum Gasteiger partial charge on any atom is -0.317 e. The Hall–Kier alpha value is -0.120. The fraction of sp³-hybridized carbons (Fsp3) is 0.500. The summed E-state index contributed by atoms with van der Waals surface area (Å²) in [4.78, 5) is 0. The first-order valence-electron chi connectivity index (χ1n) is 5.51. The van der Waals surface area contributed by atoms with Gasteiger partial charge >= 0.3 is 0 Å². The van der Waals surface area contributed by atoms with Crippen LogP contribution in [0.3, 0.4) is 0 Å². The van der Waals surface area contributed by atoms with Crippen LogP contribution in [0.2, 0.25) is 5.02 Å². The fourth-order valence-electron chi connectivity index (χ4n) is 2.15. The van der Waals surface area contributed by atoms with E-state index in [2.05, 4.69) is 21.2 Å². The van der Waals surface area contributed by atoms with Gasteiger partial charge in [-0.05, 0) is 56.0 Å². The lowest BCUT2D eigenvalue weighted by molar-refractivity contribution is 0.372. The molecule has 0 atom stereocenters. The van der Waals surface area contributed by atoms with Gasteiger partial charge in [0.1, 0.15) is 5.82 Å². The summed E-state index contributed by atoms with van der Waals surface area (Å²) in [5.74, 6) is 0.285. The van der Waals surface area contributed by atoms with Crippen LogP contribution >= 0.6 is 27.5 Å². The molecule has 0 amide bonds. The first-order chi connectivity index (χ1) is 7.66. The summed E-state index contributed by atoms with van der Waals surface area (Å²) in [5, 5.41) is 3.60. The second-order valence-electron chi connectivity index (χ2n) is 4.26. The van der Waals surface area contributed by atoms with E-state index in [1.54, 1.807) is 0 Å². The van der Waals surface area contributed by atoms with Crippen molar-refractivity contribution in [3.05, 3.63) is 33.0 Å². The Morgan fingerprint density at radius 3 is 2.75 bits per heavy atom. The lowest BCUT2D eigenvalue weighted by atomic mass is 9.91. The summed E-state index contributed by atoms with van der Waals surface area (Å²) in [6.07, 6.45) is 3.16. The van der Waals surface area contributed by atoms with E-state index in [4.69, 9.17) is 11.6 Å². The van der Waals surface area contributed by atoms with Gasteiger partial charge in [-0.15, -0.1) is 0 Å². The average Bonchev–Trinajstić information content (AvgIpc) is 2.27. The summed E-state index contributed by atoms with van der Waals surface area (Å²) in [6, 6.07) is 3.34. The molecule has 0 aliphatic carbocycles. The minimum atomic E-state index is -0.333. The van der Waals surface area contributed by atoms with E-state index in [-0.39, 0.29) is 10.8 Å². The molecule has 0 unspecified atom stereocenters. The first kappa shape index (κ1) is 12.3. The van der Waals surface area contributed by atoms with Gasteiger partial charge in [0.2, 0.25) is 0 Å². The maximum Gasteiger partial charge on any atom is 0.143 e. The second-order valence-corrected chi connectivity index (χ2v) is 5.55. The molecule has 1 aromatic rings. The van der Waals surface area contributed by atoms with Gasteiger partial charge in [0.15, 0.2) is 0 Å². The summed E-state index contributed by atoms with van der Waals surface area (Å²) in [6.45, 7) is 2.11. The van der Waals surface area contributed by atoms with Crippen molar-refractivity contribution >= 4 is 27.5 Å². The van der Waals surface area contributed by atoms with Gasteiger partial charge in [-0.25, -0.2) is 4.39 Å². The van der Waals surface area contributed by atoms with Crippen LogP contribution in [-0.4, -0.2) is 13.1 Å². The van der Waals surface area contributed by atoms with Crippen molar-refractivity contribution in [2.45, 2.75) is 19.3 Å². The molecule has 88 valence electrons. The molecule has 1 aliphatic heterocycles. The summed E-state index contributed by atoms with van der Waals surface area (Å²) in [5.41, 5.74) is 0.917. The third kappa shape index (κ3) is 2.96. The molecule has 4 heteroatoms. The van der Waals surface area contributed by atoms with Gasteiger partial charge in [-0.1, -0.05) is 27.5 Å². The zero-order valence-corrected chi connectivity index (χ0v) is 11.2. The number of piperidine rings is 1. The zero-order chi connectivity index (χ0) is 11.5. The highest BCUT2D eigenvalue weighted by molar-refractivity contribution is 9.10. The molecule has 1 N–H and O–H groups in total. The van der Waals surface area contributed by atoms with Crippen molar-refractivity contribution < 1.29 is 4.39 Å². The van der Waals surface area contributed by atoms with Crippen LogP contribution in [0.1, 0.15) is 18.4 Å². The lowest BCUT2D eigenvalue weighted by Crippen LogP contribution is -2.28. The zero-order valence-electron chi connectivity index (χ0n) is 8.90. The van der Waals surface area contributed by atoms with Crippen molar-refractivity contribution in [1.29, 1.82) is 0 Å². The number of hydrogen-bond acceptors (Lipinski definition) is 1. The van der Waals surface area contributed by atoms with Gasteiger partial charge in [0, 0.05) is 4.47 Å². The smallest absolute Gasteiger partial charge is 0.143 e. The summed E-state index contributed by atoms with van der Waals surface area (Å²) in [7, 11) is 0. The van der Waals surface area contributed by atoms with Crippen LogP contribution in [0.5, 0.6) is 0 Å². The average molecular weight is 307 g/mol. The number of halogens is 3. The molecule has 1 fully saturated rings. The highest BCUT2D eigenvalue weighted by atomic mass is 79.9. The number of benzene rings is 1. The van der Waals surface area contributed by atoms with E-state index < -0.39 is 0 Å². The largest absolute Gasteiger partial charge is 0.317 e. The Morgan fingerprint density at radius 1 is 1.38 bits per heavy atom. The standard InChI is InChI=1S/C12H14BrClFN/c13-10-6-9(12(14)11(15)7-10)5-8-1-3-16-4-2-8/h6-8,16H,1-5H2. The van der Waals surface area contributed by atoms with E-state index in [9.17, 15) is 4.39 Å². The topological polar surface area (TPSA) is 12.0 Å². The van der Waals surface area contributed by atoms with E-state index in [0.717, 1.165) is 42.4 Å². The molecular weight excluding hydrogens is 292 g/mol. The molecule has 0 spiro atoms. The van der Waals surface area contributed by atoms with Crippen LogP contribution < -0.4 is 5.32 Å². The van der Waals surface area contributed by atoms with Gasteiger partial charge < -0.3 is 5.32 Å². The number of rotatable bonds is 2. The van der Waals surface area contributed by atoms with E-state index in [0.29, 0.717) is 5.92 Å². The quantitative estimate of drug-likeness (QED) is 0.820. The predicted octanol–water partition coefficient (Wildman–Crippen LogP) is 3.78. The molecule has 2 rings (SSSR count). The van der Waals surface area contributed by atoms with E-state index >= 15 is 0 Å². The first-order valence-corrected chi connectivity index (χ1v) is 6.68. The Bertz CT molecular complexity index is 378. The molecule has 1 saturated heterocycles. The Labute approximate surface area is 109 Å². The van der Waals surface area contributed by atoms with Crippen molar-refractivity contribution in [2.75, 3.05) is 13.1 Å². The molecule has 1 aliphatic rings. The van der Waals surface area contributed by atoms with Gasteiger partial charge in [-0.2, -0.15) is 0 Å². The molecule has 1 aromatic carbocycles. The molecule has 0 bridgehead atoms. The van der Waals surface area contributed by atoms with Crippen LogP contribution in [0.15, 0.2) is 16.6 Å². The van der Waals surface area contributed by atoms with Gasteiger partial charge in [-0.3, -0.25) is 0 Å². The summed E-state index contributed by atoms with van der Waals surface area (Å²) < 4.78 is 14.2. The maximum absolute atomic E-state index is 13.4. The molecule has 0 saturated carbocycles. The monoisotopic (exact) mass is 305 g/mol. The third-order valence-corrected chi connectivity index (χ3v) is 3.92. The Kier molecular flexibility index (Phi) is 4.22. The van der Waals surface area contributed by atoms with Crippen LogP contribution in [0.4, 0.5) is 4.39 Å². The maximum atomic E-state index is 13.4. The van der Waals surface area contributed by atoms with Crippen LogP contribution in [0.25, 0.3) is 0 Å². The Balaban J connectivity index is 2.13. The molecule has 1 nitrogen and oxygen atoms in total. The molecule has 16 heavy (non-hydrogen) atoms. The molecule has 1 heterocycles. The van der Waals surface area contributed by atoms with Crippen molar-refractivity contribution in [2.24, 2.45) is 5.92 Å². The molecular formula is C12H14BrClFN. The van der Waals surface area contributed by atoms with Crippen molar-refractivity contribution in [1.82, 2.24) is 5.32 Å². The van der Waals surface area contributed by atoms with Crippen molar-refractivity contribution in [3.8, 4) is 0 Å². The van der Waals surface area contributed by atoms with Crippen LogP contribution in [-0.2, 0) is 6.42 Å². The highest BCUT2D eigenvalue weighted by Crippen LogP contribution is 2.28. The Morgan fingerprint density at radius 2 is 2.06 bits per heavy atom. The lowest BCUT2D eigenvalue weighted by Gasteiger charge is -2.23. The summed E-state index contributed by atoms with van der Waals surface area (Å²) >= 11 is 9.27. The third-order valence-electron chi connectivity index (χ3n) is 3.04. The second kappa shape index (κ2) is 5.48. The van der Waals surface area contributed by atoms with Gasteiger partial charge in [0.25, 0.3) is 0 Å². The van der Waals surface area contributed by atoms with Gasteiger partial charge in [0.05, 0.1) is 5.02 Å². The van der Waals surface area contributed by atoms with Crippen molar-refractivity contribution in [3.63, 3.8) is 0 Å². The number of hydrogen-bond donors (Lipinski definition) is 1. The van der Waals surface area contributed by atoms with Crippen LogP contribution in [0, 0.1) is 11.7 Å². The SMILES string of the molecule is Fc1cc(Br)cc(CC2CCNCC2)c1Cl. The molecule has 0 radical (unpaired) electrons. The predicted molar refractivity (Wildman–Crippen MR) is 68.4 cm³/mol. The minimum absolute atomic E-state index is 0.279. The fourth-order valence-corrected chi connectivity index (χ4v) is 2.82. The molecule has 0 aromatic heterocycles. The van der Waals surface area contributed by atoms with E-state index in [1.807, 2.05) is 6.07 Å². The number of nitrogens with one attached hydrogen (secondary N) is 1.